The van der Waals surface area contributed by atoms with Crippen LogP contribution in [-0.2, 0) is 0 Å². The van der Waals surface area contributed by atoms with E-state index in [1.807, 2.05) is 0 Å². The topological polar surface area (TPSA) is 24.7 Å². The Morgan fingerprint density at radius 3 is 2.00 bits per heavy atom. The smallest absolute Gasteiger partial charge is 0.0817 e. The molecule has 1 aliphatic heterocycles. The van der Waals surface area contributed by atoms with E-state index in [-0.39, 0.29) is 0 Å². The lowest BCUT2D eigenvalue weighted by molar-refractivity contribution is 0.289. The van der Waals surface area contributed by atoms with Crippen molar-refractivity contribution in [1.82, 2.24) is 0 Å². The number of hydrogen-bond acceptors (Lipinski definition) is 2. The van der Waals surface area contributed by atoms with Crippen molar-refractivity contribution in [1.29, 1.82) is 0 Å². The van der Waals surface area contributed by atoms with Gasteiger partial charge in [0.05, 0.1) is 12.1 Å². The molecule has 0 N–H and O–H groups in total. The molecule has 0 amide bonds. The summed E-state index contributed by atoms with van der Waals surface area (Å²) in [7, 11) is 0. The molecule has 74 valence electrons. The molecule has 0 aromatic carbocycles. The summed E-state index contributed by atoms with van der Waals surface area (Å²) in [6.07, 6.45) is 6.28. The van der Waals surface area contributed by atoms with Crippen molar-refractivity contribution in [2.24, 2.45) is 39.3 Å². The van der Waals surface area contributed by atoms with E-state index in [9.17, 15) is 0 Å². The van der Waals surface area contributed by atoms with Gasteiger partial charge in [-0.15, -0.1) is 0 Å². The fourth-order valence-electron chi connectivity index (χ4n) is 4.55. The molecule has 2 heteroatoms. The van der Waals surface area contributed by atoms with E-state index < -0.39 is 0 Å². The molecule has 0 spiro atoms. The van der Waals surface area contributed by atoms with Crippen molar-refractivity contribution < 1.29 is 0 Å². The van der Waals surface area contributed by atoms with Crippen LogP contribution in [0, 0.1) is 29.1 Å². The Morgan fingerprint density at radius 1 is 1.00 bits per heavy atom. The molecule has 0 aromatic heterocycles. The Bertz CT molecular complexity index is 325. The van der Waals surface area contributed by atoms with Gasteiger partial charge in [0.25, 0.3) is 0 Å². The monoisotopic (exact) mass is 188 g/mol. The second-order valence-electron chi connectivity index (χ2n) is 6.04. The average molecular weight is 188 g/mol. The fraction of sp³-hybridized carbons (Fsp3) is 0.833. The van der Waals surface area contributed by atoms with Gasteiger partial charge in [-0.1, -0.05) is 26.0 Å². The van der Waals surface area contributed by atoms with Crippen LogP contribution in [0.2, 0.25) is 0 Å². The zero-order chi connectivity index (χ0) is 9.50. The predicted molar refractivity (Wildman–Crippen MR) is 53.9 cm³/mol. The summed E-state index contributed by atoms with van der Waals surface area (Å²) in [6, 6.07) is 1.05. The average Bonchev–Trinajstić information content (AvgIpc) is 2.84. The lowest BCUT2D eigenvalue weighted by Gasteiger charge is -2.26. The zero-order valence-corrected chi connectivity index (χ0v) is 8.72. The third-order valence-electron chi connectivity index (χ3n) is 5.15. The molecule has 2 fully saturated rings. The number of rotatable bonds is 0. The minimum absolute atomic E-state index is 0.346. The van der Waals surface area contributed by atoms with Crippen LogP contribution in [-0.4, -0.2) is 12.1 Å². The van der Waals surface area contributed by atoms with Crippen molar-refractivity contribution in [2.45, 2.75) is 32.4 Å². The molecule has 3 aliphatic carbocycles. The summed E-state index contributed by atoms with van der Waals surface area (Å²) in [5.74, 6) is 3.34. The van der Waals surface area contributed by atoms with E-state index in [0.29, 0.717) is 17.5 Å². The normalized spacial score (nSPS) is 59.9. The summed E-state index contributed by atoms with van der Waals surface area (Å²) in [5, 5.41) is 9.02. The summed E-state index contributed by atoms with van der Waals surface area (Å²) >= 11 is 0. The van der Waals surface area contributed by atoms with Gasteiger partial charge in [-0.05, 0) is 30.1 Å². The quantitative estimate of drug-likeness (QED) is 0.412. The van der Waals surface area contributed by atoms with Gasteiger partial charge in [0.1, 0.15) is 0 Å². The van der Waals surface area contributed by atoms with Gasteiger partial charge in [0.15, 0.2) is 0 Å². The minimum atomic E-state index is 0.346. The molecule has 6 atom stereocenters. The van der Waals surface area contributed by atoms with Crippen molar-refractivity contribution in [3.63, 3.8) is 0 Å². The third-order valence-corrected chi connectivity index (χ3v) is 5.15. The number of fused-ring (bicyclic) bond motifs is 9. The standard InChI is InChI=1S/C12H16N2/c1-12(2)10-8-6-3-4-7(5-6)9(8)11(12)14-13-10/h3-4,6-11H,5H2,1-2H3. The highest BCUT2D eigenvalue weighted by molar-refractivity contribution is 5.26. The van der Waals surface area contributed by atoms with Crippen molar-refractivity contribution >= 4 is 0 Å². The zero-order valence-electron chi connectivity index (χ0n) is 8.72. The molecule has 0 saturated heterocycles. The van der Waals surface area contributed by atoms with E-state index in [1.165, 1.54) is 6.42 Å². The molecule has 4 aliphatic rings. The fourth-order valence-corrected chi connectivity index (χ4v) is 4.55. The van der Waals surface area contributed by atoms with Crippen LogP contribution in [0.4, 0.5) is 0 Å². The largest absolute Gasteiger partial charge is 0.190 e. The van der Waals surface area contributed by atoms with E-state index in [0.717, 1.165) is 23.7 Å². The Kier molecular flexibility index (Phi) is 1.07. The molecular weight excluding hydrogens is 172 g/mol. The summed E-state index contributed by atoms with van der Waals surface area (Å²) in [4.78, 5) is 0. The van der Waals surface area contributed by atoms with E-state index in [1.54, 1.807) is 0 Å². The number of hydrogen-bond donors (Lipinski definition) is 0. The van der Waals surface area contributed by atoms with Gasteiger partial charge >= 0.3 is 0 Å². The summed E-state index contributed by atoms with van der Waals surface area (Å²) in [6.45, 7) is 4.72. The highest BCUT2D eigenvalue weighted by Crippen LogP contribution is 2.65. The van der Waals surface area contributed by atoms with Crippen LogP contribution in [0.15, 0.2) is 22.4 Å². The van der Waals surface area contributed by atoms with Crippen LogP contribution in [0.1, 0.15) is 20.3 Å². The van der Waals surface area contributed by atoms with Crippen LogP contribution >= 0.6 is 0 Å². The van der Waals surface area contributed by atoms with Gasteiger partial charge in [-0.2, -0.15) is 10.2 Å². The maximum Gasteiger partial charge on any atom is 0.0817 e. The first kappa shape index (κ1) is 7.61. The van der Waals surface area contributed by atoms with Crippen LogP contribution < -0.4 is 0 Å². The minimum Gasteiger partial charge on any atom is -0.190 e. The highest BCUT2D eigenvalue weighted by atomic mass is 15.2. The summed E-state index contributed by atoms with van der Waals surface area (Å²) in [5.41, 5.74) is 0.346. The van der Waals surface area contributed by atoms with Gasteiger partial charge in [-0.3, -0.25) is 0 Å². The molecule has 2 saturated carbocycles. The molecule has 0 aromatic rings. The van der Waals surface area contributed by atoms with Gasteiger partial charge in [0.2, 0.25) is 0 Å². The molecule has 4 bridgehead atoms. The molecule has 0 radical (unpaired) electrons. The first-order valence-electron chi connectivity index (χ1n) is 5.78. The molecule has 4 rings (SSSR count). The predicted octanol–water partition coefficient (Wildman–Crippen LogP) is 2.67. The second-order valence-corrected chi connectivity index (χ2v) is 6.04. The Morgan fingerprint density at radius 2 is 1.50 bits per heavy atom. The van der Waals surface area contributed by atoms with Crippen LogP contribution in [0.25, 0.3) is 0 Å². The van der Waals surface area contributed by atoms with Gasteiger partial charge in [0, 0.05) is 5.41 Å². The first-order chi connectivity index (χ1) is 6.69. The molecule has 1 heterocycles. The van der Waals surface area contributed by atoms with Crippen LogP contribution in [0.3, 0.4) is 0 Å². The number of nitrogens with zero attached hydrogens (tertiary/aromatic N) is 2. The Hall–Kier alpha value is -0.660. The SMILES string of the molecule is CC1(C)C2N=NC1C1C3C=CC(C3)C12. The van der Waals surface area contributed by atoms with Crippen molar-refractivity contribution in [2.75, 3.05) is 0 Å². The maximum absolute atomic E-state index is 4.51. The molecular formula is C12H16N2. The Labute approximate surface area is 84.5 Å². The number of allylic oxidation sites excluding steroid dienone is 2. The van der Waals surface area contributed by atoms with Crippen molar-refractivity contribution in [3.05, 3.63) is 12.2 Å². The second kappa shape index (κ2) is 1.98. The molecule has 6 unspecified atom stereocenters. The van der Waals surface area contributed by atoms with E-state index in [4.69, 9.17) is 0 Å². The third kappa shape index (κ3) is 0.590. The number of azo groups is 1. The highest BCUT2D eigenvalue weighted by Gasteiger charge is 2.66. The van der Waals surface area contributed by atoms with Crippen molar-refractivity contribution in [3.8, 4) is 0 Å². The lowest BCUT2D eigenvalue weighted by atomic mass is 9.81. The van der Waals surface area contributed by atoms with E-state index >= 15 is 0 Å². The summed E-state index contributed by atoms with van der Waals surface area (Å²) < 4.78 is 0. The maximum atomic E-state index is 4.51. The van der Waals surface area contributed by atoms with Crippen LogP contribution in [0.5, 0.6) is 0 Å². The molecule has 14 heavy (non-hydrogen) atoms. The van der Waals surface area contributed by atoms with Gasteiger partial charge < -0.3 is 0 Å². The first-order valence-corrected chi connectivity index (χ1v) is 5.78. The van der Waals surface area contributed by atoms with E-state index in [2.05, 4.69) is 36.2 Å². The Balaban J connectivity index is 1.86. The lowest BCUT2D eigenvalue weighted by Crippen LogP contribution is -2.29. The van der Waals surface area contributed by atoms with Gasteiger partial charge in [-0.25, -0.2) is 0 Å². The molecule has 2 nitrogen and oxygen atoms in total.